The zero-order valence-electron chi connectivity index (χ0n) is 12.1. The molecule has 0 atom stereocenters. The van der Waals surface area contributed by atoms with Crippen molar-refractivity contribution in [3.8, 4) is 0 Å². The summed E-state index contributed by atoms with van der Waals surface area (Å²) in [5.74, 6) is -0.408. The zero-order valence-corrected chi connectivity index (χ0v) is 12.9. The highest BCUT2D eigenvalue weighted by Gasteiger charge is 2.45. The van der Waals surface area contributed by atoms with Crippen molar-refractivity contribution in [3.05, 3.63) is 0 Å². The molecule has 0 aromatic carbocycles. The van der Waals surface area contributed by atoms with E-state index in [1.165, 1.54) is 4.31 Å². The molecular weight excluding hydrogens is 305 g/mol. The van der Waals surface area contributed by atoms with Crippen LogP contribution in [0.25, 0.3) is 0 Å². The van der Waals surface area contributed by atoms with E-state index in [2.05, 4.69) is 5.32 Å². The van der Waals surface area contributed by atoms with Gasteiger partial charge in [-0.1, -0.05) is 19.3 Å². The Morgan fingerprint density at radius 3 is 2.43 bits per heavy atom. The van der Waals surface area contributed by atoms with Crippen LogP contribution in [-0.4, -0.2) is 49.8 Å². The number of piperazine rings is 1. The molecule has 1 aliphatic heterocycles. The molecule has 1 aliphatic carbocycles. The van der Waals surface area contributed by atoms with Crippen molar-refractivity contribution in [2.45, 2.75) is 56.7 Å². The number of hydrogen-bond donors (Lipinski definition) is 1. The topological polar surface area (TPSA) is 49.4 Å². The highest BCUT2D eigenvalue weighted by atomic mass is 32.2. The number of nitrogens with zero attached hydrogens (tertiary/aromatic N) is 1. The number of sulfonamides is 1. The lowest BCUT2D eigenvalue weighted by molar-refractivity contribution is -0.134. The molecule has 8 heteroatoms. The summed E-state index contributed by atoms with van der Waals surface area (Å²) in [6.07, 6.45) is -1.01. The van der Waals surface area contributed by atoms with Gasteiger partial charge in [0.05, 0.1) is 5.75 Å². The molecule has 21 heavy (non-hydrogen) atoms. The van der Waals surface area contributed by atoms with Crippen molar-refractivity contribution in [1.29, 1.82) is 0 Å². The summed E-state index contributed by atoms with van der Waals surface area (Å²) < 4.78 is 63.1. The van der Waals surface area contributed by atoms with Crippen molar-refractivity contribution in [2.24, 2.45) is 0 Å². The Hall–Kier alpha value is -0.340. The van der Waals surface area contributed by atoms with Crippen LogP contribution in [0.1, 0.15) is 44.9 Å². The van der Waals surface area contributed by atoms with Gasteiger partial charge in [0.1, 0.15) is 0 Å². The third-order valence-electron chi connectivity index (χ3n) is 4.46. The molecule has 1 saturated carbocycles. The Balaban J connectivity index is 2.05. The van der Waals surface area contributed by atoms with E-state index in [-0.39, 0.29) is 6.42 Å². The lowest BCUT2D eigenvalue weighted by Gasteiger charge is -2.48. The fourth-order valence-corrected chi connectivity index (χ4v) is 5.40. The van der Waals surface area contributed by atoms with Gasteiger partial charge in [0.2, 0.25) is 10.0 Å². The first-order chi connectivity index (χ1) is 9.75. The quantitative estimate of drug-likeness (QED) is 0.861. The molecule has 0 aromatic heterocycles. The van der Waals surface area contributed by atoms with Gasteiger partial charge in [-0.3, -0.25) is 0 Å². The van der Waals surface area contributed by atoms with Gasteiger partial charge in [0.15, 0.2) is 0 Å². The summed E-state index contributed by atoms with van der Waals surface area (Å²) in [5, 5.41) is 3.24. The second-order valence-electron chi connectivity index (χ2n) is 6.07. The second kappa shape index (κ2) is 6.42. The van der Waals surface area contributed by atoms with Gasteiger partial charge < -0.3 is 5.32 Å². The summed E-state index contributed by atoms with van der Waals surface area (Å²) in [5.41, 5.74) is -0.409. The van der Waals surface area contributed by atoms with Crippen LogP contribution in [0.3, 0.4) is 0 Å². The summed E-state index contributed by atoms with van der Waals surface area (Å²) in [7, 11) is -3.62. The first-order valence-electron chi connectivity index (χ1n) is 7.53. The Labute approximate surface area is 124 Å². The van der Waals surface area contributed by atoms with Crippen molar-refractivity contribution < 1.29 is 21.6 Å². The van der Waals surface area contributed by atoms with E-state index in [1.54, 1.807) is 0 Å². The summed E-state index contributed by atoms with van der Waals surface area (Å²) >= 11 is 0. The van der Waals surface area contributed by atoms with E-state index in [0.29, 0.717) is 19.6 Å². The Bertz CT molecular complexity index is 437. The predicted molar refractivity (Wildman–Crippen MR) is 74.5 cm³/mol. The van der Waals surface area contributed by atoms with Gasteiger partial charge in [-0.15, -0.1) is 0 Å². The van der Waals surface area contributed by atoms with Crippen molar-refractivity contribution in [2.75, 3.05) is 25.4 Å². The SMILES string of the molecule is O=S(=O)(CCCC(F)(F)F)N1CCNCC12CCCCC2. The minimum atomic E-state index is -4.29. The fraction of sp³-hybridized carbons (Fsp3) is 1.00. The molecule has 1 N–H and O–H groups in total. The number of rotatable bonds is 4. The van der Waals surface area contributed by atoms with Gasteiger partial charge in [-0.2, -0.15) is 17.5 Å². The molecule has 4 nitrogen and oxygen atoms in total. The van der Waals surface area contributed by atoms with Crippen molar-refractivity contribution >= 4 is 10.0 Å². The zero-order chi connectivity index (χ0) is 15.6. The minimum absolute atomic E-state index is 0.355. The normalized spacial score (nSPS) is 24.3. The van der Waals surface area contributed by atoms with Gasteiger partial charge in [-0.25, -0.2) is 8.42 Å². The highest BCUT2D eigenvalue weighted by molar-refractivity contribution is 7.89. The van der Waals surface area contributed by atoms with Gasteiger partial charge in [-0.05, 0) is 19.3 Å². The number of nitrogens with one attached hydrogen (secondary N) is 1. The highest BCUT2D eigenvalue weighted by Crippen LogP contribution is 2.36. The number of hydrogen-bond acceptors (Lipinski definition) is 3. The number of alkyl halides is 3. The predicted octanol–water partition coefficient (Wildman–Crippen LogP) is 2.27. The molecule has 0 bridgehead atoms. The van der Waals surface area contributed by atoms with E-state index < -0.39 is 33.9 Å². The summed E-state index contributed by atoms with van der Waals surface area (Å²) in [4.78, 5) is 0. The van der Waals surface area contributed by atoms with E-state index >= 15 is 0 Å². The Morgan fingerprint density at radius 1 is 1.14 bits per heavy atom. The van der Waals surface area contributed by atoms with Crippen LogP contribution in [0.15, 0.2) is 0 Å². The molecule has 2 rings (SSSR count). The average molecular weight is 328 g/mol. The van der Waals surface area contributed by atoms with E-state index in [9.17, 15) is 21.6 Å². The minimum Gasteiger partial charge on any atom is -0.314 e. The van der Waals surface area contributed by atoms with Crippen molar-refractivity contribution in [3.63, 3.8) is 0 Å². The largest absolute Gasteiger partial charge is 0.389 e. The monoisotopic (exact) mass is 328 g/mol. The molecule has 0 unspecified atom stereocenters. The van der Waals surface area contributed by atoms with Crippen LogP contribution in [-0.2, 0) is 10.0 Å². The average Bonchev–Trinajstić information content (AvgIpc) is 2.38. The number of halogens is 3. The molecular formula is C13H23F3N2O2S. The molecule has 0 amide bonds. The summed E-state index contributed by atoms with van der Waals surface area (Å²) in [6, 6.07) is 0. The lowest BCUT2D eigenvalue weighted by atomic mass is 9.80. The van der Waals surface area contributed by atoms with Gasteiger partial charge in [0, 0.05) is 31.6 Å². The molecule has 0 radical (unpaired) electrons. The standard InChI is InChI=1S/C13H23F3N2O2S/c14-13(15,16)7-4-10-21(19,20)18-9-8-17-11-12(18)5-2-1-3-6-12/h17H,1-11H2. The maximum atomic E-state index is 12.5. The van der Waals surface area contributed by atoms with Crippen LogP contribution in [0.4, 0.5) is 13.2 Å². The first kappa shape index (κ1) is 17.0. The van der Waals surface area contributed by atoms with E-state index in [1.807, 2.05) is 0 Å². The van der Waals surface area contributed by atoms with Crippen LogP contribution >= 0.6 is 0 Å². The van der Waals surface area contributed by atoms with Crippen LogP contribution in [0.2, 0.25) is 0 Å². The van der Waals surface area contributed by atoms with Crippen molar-refractivity contribution in [1.82, 2.24) is 9.62 Å². The third-order valence-corrected chi connectivity index (χ3v) is 6.50. The smallest absolute Gasteiger partial charge is 0.314 e. The van der Waals surface area contributed by atoms with E-state index in [0.717, 1.165) is 32.1 Å². The van der Waals surface area contributed by atoms with Crippen LogP contribution in [0.5, 0.6) is 0 Å². The molecule has 2 aliphatic rings. The lowest BCUT2D eigenvalue weighted by Crippen LogP contribution is -2.63. The molecule has 124 valence electrons. The molecule has 1 heterocycles. The van der Waals surface area contributed by atoms with Gasteiger partial charge >= 0.3 is 6.18 Å². The van der Waals surface area contributed by atoms with Gasteiger partial charge in [0.25, 0.3) is 0 Å². The Kier molecular flexibility index (Phi) is 5.20. The summed E-state index contributed by atoms with van der Waals surface area (Å²) in [6.45, 7) is 1.56. The molecule has 1 spiro atoms. The molecule has 1 saturated heterocycles. The Morgan fingerprint density at radius 2 is 1.81 bits per heavy atom. The van der Waals surface area contributed by atoms with E-state index in [4.69, 9.17) is 0 Å². The fourth-order valence-electron chi connectivity index (χ4n) is 3.46. The van der Waals surface area contributed by atoms with Crippen LogP contribution < -0.4 is 5.32 Å². The first-order valence-corrected chi connectivity index (χ1v) is 9.14. The molecule has 0 aromatic rings. The maximum absolute atomic E-state index is 12.5. The third kappa shape index (κ3) is 4.32. The second-order valence-corrected chi connectivity index (χ2v) is 8.08. The molecule has 2 fully saturated rings. The maximum Gasteiger partial charge on any atom is 0.389 e. The van der Waals surface area contributed by atoms with Crippen LogP contribution in [0, 0.1) is 0 Å².